The van der Waals surface area contributed by atoms with E-state index in [9.17, 15) is 19.6 Å². The summed E-state index contributed by atoms with van der Waals surface area (Å²) < 4.78 is 21.4. The average molecular weight is 360 g/mol. The maximum absolute atomic E-state index is 10.9. The molecule has 23 heavy (non-hydrogen) atoms. The maximum atomic E-state index is 10.9. The molecule has 1 fully saturated rings. The Bertz CT molecular complexity index is 615. The van der Waals surface area contributed by atoms with Gasteiger partial charge in [-0.25, -0.2) is 9.36 Å². The zero-order chi connectivity index (χ0) is 16.5. The van der Waals surface area contributed by atoms with E-state index >= 15 is 0 Å². The summed E-state index contributed by atoms with van der Waals surface area (Å²) in [7, 11) is -4.73. The molecule has 1 saturated heterocycles. The number of aliphatic hydroxyl groups excluding tert-OH is 2. The second kappa shape index (κ2) is 8.13. The fourth-order valence-corrected chi connectivity index (χ4v) is 2.40. The van der Waals surface area contributed by atoms with Gasteiger partial charge in [-0.2, -0.15) is 4.57 Å². The standard InChI is InChI=1S/C11H14NO9P.Na.H/c13-8-7(5-20-22(17,18)19)21-10(9(8)14)12-3-1-2-6(4-12)11(15)16;;/h1-4,7-10,13-14H,5H2,(H2-,15,16,17,18,19);;/q;+1;-1/p+1/t7-,8-,9-,10-;;/m1../s1. The topological polar surface area (TPSA) is 158 Å². The summed E-state index contributed by atoms with van der Waals surface area (Å²) in [5.74, 6) is -1.18. The SMILES string of the molecule is O=C(O)c1ccc[n+]([C@@H]2O[C@H](COP(=O)(O)O)[C@@H](O)[C@H]2O)c1.[H-].[Na+]. The molecule has 12 heteroatoms. The summed E-state index contributed by atoms with van der Waals surface area (Å²) >= 11 is 0. The maximum Gasteiger partial charge on any atom is 1.00 e. The minimum Gasteiger partial charge on any atom is -1.00 e. The summed E-state index contributed by atoms with van der Waals surface area (Å²) in [6, 6.07) is 2.76. The number of carboxylic acid groups (broad SMARTS) is 1. The summed E-state index contributed by atoms with van der Waals surface area (Å²) in [4.78, 5) is 28.2. The van der Waals surface area contributed by atoms with Crippen LogP contribution in [0.3, 0.4) is 0 Å². The number of carboxylic acids is 1. The van der Waals surface area contributed by atoms with Gasteiger partial charge in [-0.3, -0.25) is 4.52 Å². The van der Waals surface area contributed by atoms with Crippen LogP contribution in [-0.2, 0) is 13.8 Å². The molecule has 124 valence electrons. The van der Waals surface area contributed by atoms with Crippen LogP contribution >= 0.6 is 7.82 Å². The Labute approximate surface area is 154 Å². The van der Waals surface area contributed by atoms with Gasteiger partial charge in [0, 0.05) is 6.07 Å². The van der Waals surface area contributed by atoms with Crippen molar-refractivity contribution in [3.63, 3.8) is 0 Å². The van der Waals surface area contributed by atoms with Crippen LogP contribution in [0.1, 0.15) is 18.0 Å². The molecule has 1 aliphatic heterocycles. The van der Waals surface area contributed by atoms with Crippen molar-refractivity contribution in [2.24, 2.45) is 0 Å². The number of phosphoric ester groups is 1. The first-order chi connectivity index (χ1) is 10.2. The number of phosphoric acid groups is 1. The van der Waals surface area contributed by atoms with E-state index in [1.807, 2.05) is 0 Å². The molecule has 0 saturated carbocycles. The number of aromatic carboxylic acids is 1. The van der Waals surface area contributed by atoms with Crippen molar-refractivity contribution >= 4 is 13.8 Å². The molecular weight excluding hydrogens is 344 g/mol. The molecule has 1 aromatic rings. The van der Waals surface area contributed by atoms with Crippen molar-refractivity contribution in [1.29, 1.82) is 0 Å². The minimum atomic E-state index is -4.73. The van der Waals surface area contributed by atoms with E-state index in [0.717, 1.165) is 0 Å². The first kappa shape index (κ1) is 20.7. The smallest absolute Gasteiger partial charge is 1.00 e. The third-order valence-electron chi connectivity index (χ3n) is 3.11. The Morgan fingerprint density at radius 3 is 2.61 bits per heavy atom. The zero-order valence-corrected chi connectivity index (χ0v) is 15.0. The molecule has 0 aromatic carbocycles. The molecule has 2 rings (SSSR count). The molecule has 1 aliphatic rings. The molecule has 4 atom stereocenters. The van der Waals surface area contributed by atoms with Gasteiger partial charge in [-0.15, -0.1) is 0 Å². The molecule has 0 spiro atoms. The quantitative estimate of drug-likeness (QED) is 0.198. The Hall–Kier alpha value is -0.390. The second-order valence-corrected chi connectivity index (χ2v) is 5.92. The van der Waals surface area contributed by atoms with Crippen LogP contribution in [0.5, 0.6) is 0 Å². The van der Waals surface area contributed by atoms with Gasteiger partial charge in [0.25, 0.3) is 6.23 Å². The first-order valence-corrected chi connectivity index (χ1v) is 7.68. The fraction of sp³-hybridized carbons (Fsp3) is 0.455. The number of rotatable bonds is 5. The summed E-state index contributed by atoms with van der Waals surface area (Å²) in [6.45, 7) is -0.627. The molecule has 0 unspecified atom stereocenters. The Morgan fingerprint density at radius 1 is 1.39 bits per heavy atom. The molecule has 0 radical (unpaired) electrons. The number of aromatic nitrogens is 1. The third-order valence-corrected chi connectivity index (χ3v) is 3.59. The predicted octanol–water partition coefficient (Wildman–Crippen LogP) is -4.48. The number of nitrogens with zero attached hydrogens (tertiary/aromatic N) is 1. The number of aliphatic hydroxyl groups is 2. The Kier molecular flexibility index (Phi) is 7.30. The number of carbonyl (C=O) groups is 1. The molecule has 10 nitrogen and oxygen atoms in total. The van der Waals surface area contributed by atoms with Gasteiger partial charge in [0.05, 0.1) is 6.61 Å². The summed E-state index contributed by atoms with van der Waals surface area (Å²) in [6.07, 6.45) is -2.51. The molecule has 2 heterocycles. The van der Waals surface area contributed by atoms with Gasteiger partial charge >= 0.3 is 43.3 Å². The van der Waals surface area contributed by atoms with E-state index in [-0.39, 0.29) is 36.5 Å². The third kappa shape index (κ3) is 5.30. The van der Waals surface area contributed by atoms with Crippen molar-refractivity contribution < 1.29 is 79.3 Å². The van der Waals surface area contributed by atoms with Gasteiger partial charge in [0.1, 0.15) is 17.8 Å². The first-order valence-electron chi connectivity index (χ1n) is 6.15. The van der Waals surface area contributed by atoms with Crippen LogP contribution in [0, 0.1) is 0 Å². The number of hydrogen-bond donors (Lipinski definition) is 5. The second-order valence-electron chi connectivity index (χ2n) is 4.68. The number of hydrogen-bond acceptors (Lipinski definition) is 6. The summed E-state index contributed by atoms with van der Waals surface area (Å²) in [5.41, 5.74) is -0.0530. The van der Waals surface area contributed by atoms with Crippen LogP contribution in [0.2, 0.25) is 0 Å². The van der Waals surface area contributed by atoms with Crippen LogP contribution in [0.4, 0.5) is 0 Å². The minimum absolute atomic E-state index is 0. The van der Waals surface area contributed by atoms with Crippen LogP contribution in [-0.4, -0.2) is 56.0 Å². The van der Waals surface area contributed by atoms with E-state index in [1.165, 1.54) is 29.1 Å². The van der Waals surface area contributed by atoms with Gasteiger partial charge in [0.2, 0.25) is 0 Å². The van der Waals surface area contributed by atoms with Crippen molar-refractivity contribution in [3.05, 3.63) is 30.1 Å². The molecule has 1 aromatic heterocycles. The van der Waals surface area contributed by atoms with E-state index in [0.29, 0.717) is 0 Å². The number of pyridine rings is 1. The van der Waals surface area contributed by atoms with E-state index in [1.54, 1.807) is 0 Å². The van der Waals surface area contributed by atoms with Crippen molar-refractivity contribution in [2.75, 3.05) is 6.61 Å². The van der Waals surface area contributed by atoms with E-state index < -0.39 is 44.9 Å². The fourth-order valence-electron chi connectivity index (χ4n) is 2.06. The predicted molar refractivity (Wildman–Crippen MR) is 68.6 cm³/mol. The molecule has 0 bridgehead atoms. The molecule has 5 N–H and O–H groups in total. The van der Waals surface area contributed by atoms with E-state index in [2.05, 4.69) is 4.52 Å². The summed E-state index contributed by atoms with van der Waals surface area (Å²) in [5, 5.41) is 28.7. The van der Waals surface area contributed by atoms with Crippen molar-refractivity contribution in [3.8, 4) is 0 Å². The van der Waals surface area contributed by atoms with Crippen molar-refractivity contribution in [2.45, 2.75) is 24.5 Å². The largest absolute Gasteiger partial charge is 1.00 e. The Balaban J connectivity index is 0.00000264. The zero-order valence-electron chi connectivity index (χ0n) is 13.1. The van der Waals surface area contributed by atoms with Gasteiger partial charge in [0.15, 0.2) is 18.5 Å². The van der Waals surface area contributed by atoms with Crippen molar-refractivity contribution in [1.82, 2.24) is 0 Å². The normalized spacial score (nSPS) is 27.5. The van der Waals surface area contributed by atoms with Crippen LogP contribution in [0.15, 0.2) is 24.5 Å². The van der Waals surface area contributed by atoms with Crippen LogP contribution < -0.4 is 34.1 Å². The Morgan fingerprint density at radius 2 is 2.04 bits per heavy atom. The monoisotopic (exact) mass is 360 g/mol. The molecular formula is C11H16NNaO9P+. The van der Waals surface area contributed by atoms with Crippen LogP contribution in [0.25, 0.3) is 0 Å². The molecule has 0 amide bonds. The van der Waals surface area contributed by atoms with Gasteiger partial charge < -0.3 is 31.3 Å². The van der Waals surface area contributed by atoms with E-state index in [4.69, 9.17) is 19.6 Å². The number of ether oxygens (including phenoxy) is 1. The molecule has 0 aliphatic carbocycles. The van der Waals surface area contributed by atoms with Gasteiger partial charge in [-0.05, 0) is 6.07 Å². The van der Waals surface area contributed by atoms with Gasteiger partial charge in [-0.1, -0.05) is 0 Å². The average Bonchev–Trinajstić information content (AvgIpc) is 2.72.